The topological polar surface area (TPSA) is 96.0 Å². The number of rotatable bonds is 9. The van der Waals surface area contributed by atoms with Gasteiger partial charge in [0.1, 0.15) is 18.0 Å². The van der Waals surface area contributed by atoms with Gasteiger partial charge in [0.05, 0.1) is 52.5 Å². The summed E-state index contributed by atoms with van der Waals surface area (Å²) < 4.78 is 21.5. The summed E-state index contributed by atoms with van der Waals surface area (Å²) in [6, 6.07) is 15.6. The molecule has 1 atom stereocenters. The van der Waals surface area contributed by atoms with Gasteiger partial charge in [0.25, 0.3) is 0 Å². The number of likely N-dealkylation sites (tertiary alicyclic amines) is 1. The Balaban J connectivity index is 1.01. The smallest absolute Gasteiger partial charge is 0.338 e. The molecule has 0 spiro atoms. The Labute approximate surface area is 273 Å². The number of imidazole rings is 1. The zero-order valence-electron chi connectivity index (χ0n) is 26.5. The lowest BCUT2D eigenvalue weighted by molar-refractivity contribution is -0.0592. The molecule has 4 aromatic heterocycles. The van der Waals surface area contributed by atoms with Crippen molar-refractivity contribution in [1.29, 1.82) is 0 Å². The summed E-state index contributed by atoms with van der Waals surface area (Å²) in [5, 5.41) is 4.84. The zero-order chi connectivity index (χ0) is 31.8. The molecule has 240 valence electrons. The van der Waals surface area contributed by atoms with Crippen LogP contribution in [0.1, 0.15) is 73.4 Å². The Hall–Kier alpha value is -3.99. The molecule has 2 fully saturated rings. The number of pyridine rings is 2. The first-order chi connectivity index (χ1) is 22.2. The van der Waals surface area contributed by atoms with E-state index in [1.807, 2.05) is 69.4 Å². The number of halogens is 1. The third kappa shape index (κ3) is 6.74. The summed E-state index contributed by atoms with van der Waals surface area (Å²) in [5.41, 5.74) is 4.73. The summed E-state index contributed by atoms with van der Waals surface area (Å²) in [4.78, 5) is 25.2. The van der Waals surface area contributed by atoms with Crippen LogP contribution < -0.4 is 4.74 Å². The van der Waals surface area contributed by atoms with E-state index in [9.17, 15) is 4.79 Å². The van der Waals surface area contributed by atoms with E-state index in [4.69, 9.17) is 35.8 Å². The van der Waals surface area contributed by atoms with Crippen molar-refractivity contribution in [2.24, 2.45) is 0 Å². The van der Waals surface area contributed by atoms with Crippen LogP contribution in [0.4, 0.5) is 0 Å². The van der Waals surface area contributed by atoms with Gasteiger partial charge in [0.2, 0.25) is 5.88 Å². The molecule has 6 heterocycles. The Bertz CT molecular complexity index is 1870. The third-order valence-corrected chi connectivity index (χ3v) is 8.97. The average Bonchev–Trinajstić information content (AvgIpc) is 3.56. The van der Waals surface area contributed by atoms with Gasteiger partial charge in [-0.05, 0) is 95.1 Å². The number of carbonyl (C=O) groups is 1. The SMILES string of the molecule is CC(C)(C)OC(=O)c1ccc2nc(CN3CCC(c4cccc(OCc5ccn6ncc(Cl)c6c5)n4)CC3)n(CC3CCO3)c2c1. The molecular formula is C35H39ClN6O4. The van der Waals surface area contributed by atoms with Crippen LogP contribution in [0, 0.1) is 0 Å². The lowest BCUT2D eigenvalue weighted by Gasteiger charge is -2.32. The second kappa shape index (κ2) is 12.7. The molecule has 0 aliphatic carbocycles. The average molecular weight is 643 g/mol. The summed E-state index contributed by atoms with van der Waals surface area (Å²) in [6.45, 7) is 10.2. The fraction of sp³-hybridized carbons (Fsp3) is 0.429. The van der Waals surface area contributed by atoms with Crippen molar-refractivity contribution in [3.63, 3.8) is 0 Å². The van der Waals surface area contributed by atoms with E-state index in [0.717, 1.165) is 85.7 Å². The Morgan fingerprint density at radius 1 is 1.04 bits per heavy atom. The Kier molecular flexibility index (Phi) is 8.44. The number of piperidine rings is 1. The van der Waals surface area contributed by atoms with Crippen molar-refractivity contribution in [2.75, 3.05) is 19.7 Å². The van der Waals surface area contributed by atoms with Gasteiger partial charge in [0.15, 0.2) is 0 Å². The number of aromatic nitrogens is 5. The van der Waals surface area contributed by atoms with Crippen molar-refractivity contribution in [3.8, 4) is 5.88 Å². The van der Waals surface area contributed by atoms with Crippen LogP contribution in [-0.2, 0) is 29.2 Å². The van der Waals surface area contributed by atoms with Gasteiger partial charge in [-0.15, -0.1) is 0 Å². The molecule has 0 radical (unpaired) electrons. The van der Waals surface area contributed by atoms with Gasteiger partial charge in [-0.25, -0.2) is 19.3 Å². The quantitative estimate of drug-likeness (QED) is 0.170. The first kappa shape index (κ1) is 30.7. The molecule has 46 heavy (non-hydrogen) atoms. The van der Waals surface area contributed by atoms with Gasteiger partial charge in [-0.2, -0.15) is 5.10 Å². The lowest BCUT2D eigenvalue weighted by atomic mass is 9.93. The molecular weight excluding hydrogens is 604 g/mol. The van der Waals surface area contributed by atoms with Crippen LogP contribution in [0.15, 0.2) is 60.9 Å². The number of hydrogen-bond acceptors (Lipinski definition) is 8. The number of benzene rings is 1. The number of carbonyl (C=O) groups excluding carboxylic acids is 1. The maximum atomic E-state index is 12.8. The fourth-order valence-corrected chi connectivity index (χ4v) is 6.35. The molecule has 2 aliphatic rings. The highest BCUT2D eigenvalue weighted by atomic mass is 35.5. The summed E-state index contributed by atoms with van der Waals surface area (Å²) in [6.07, 6.45) is 6.72. The van der Waals surface area contributed by atoms with Crippen molar-refractivity contribution in [3.05, 3.63) is 88.6 Å². The Morgan fingerprint density at radius 2 is 1.87 bits per heavy atom. The molecule has 0 saturated carbocycles. The van der Waals surface area contributed by atoms with Crippen molar-refractivity contribution in [2.45, 2.75) is 77.4 Å². The first-order valence-corrected chi connectivity index (χ1v) is 16.3. The number of hydrogen-bond donors (Lipinski definition) is 0. The van der Waals surface area contributed by atoms with Crippen molar-refractivity contribution in [1.82, 2.24) is 29.0 Å². The van der Waals surface area contributed by atoms with Crippen LogP contribution in [0.3, 0.4) is 0 Å². The molecule has 7 rings (SSSR count). The van der Waals surface area contributed by atoms with Gasteiger partial charge >= 0.3 is 5.97 Å². The predicted octanol–water partition coefficient (Wildman–Crippen LogP) is 6.44. The van der Waals surface area contributed by atoms with Gasteiger partial charge in [0, 0.05) is 30.5 Å². The fourth-order valence-electron chi connectivity index (χ4n) is 6.16. The van der Waals surface area contributed by atoms with E-state index in [-0.39, 0.29) is 12.1 Å². The van der Waals surface area contributed by atoms with E-state index in [1.54, 1.807) is 10.7 Å². The maximum Gasteiger partial charge on any atom is 0.338 e. The summed E-state index contributed by atoms with van der Waals surface area (Å²) in [7, 11) is 0. The molecule has 0 N–H and O–H groups in total. The van der Waals surface area contributed by atoms with Crippen LogP contribution in [-0.4, -0.2) is 66.4 Å². The minimum atomic E-state index is -0.557. The minimum Gasteiger partial charge on any atom is -0.473 e. The van der Waals surface area contributed by atoms with Crippen LogP contribution in [0.2, 0.25) is 5.02 Å². The van der Waals surface area contributed by atoms with Crippen molar-refractivity contribution >= 4 is 34.1 Å². The van der Waals surface area contributed by atoms with Crippen molar-refractivity contribution < 1.29 is 19.0 Å². The summed E-state index contributed by atoms with van der Waals surface area (Å²) in [5.74, 6) is 1.65. The lowest BCUT2D eigenvalue weighted by Crippen LogP contribution is -2.35. The molecule has 10 nitrogen and oxygen atoms in total. The number of ether oxygens (including phenoxy) is 3. The molecule has 1 unspecified atom stereocenters. The second-order valence-corrected chi connectivity index (χ2v) is 13.6. The van der Waals surface area contributed by atoms with Gasteiger partial charge in [-0.1, -0.05) is 17.7 Å². The number of esters is 1. The molecule has 0 bridgehead atoms. The largest absolute Gasteiger partial charge is 0.473 e. The zero-order valence-corrected chi connectivity index (χ0v) is 27.2. The van der Waals surface area contributed by atoms with E-state index in [2.05, 4.69) is 20.6 Å². The number of nitrogens with zero attached hydrogens (tertiary/aromatic N) is 6. The third-order valence-electron chi connectivity index (χ3n) is 8.68. The number of fused-ring (bicyclic) bond motifs is 2. The Morgan fingerprint density at radius 3 is 2.63 bits per heavy atom. The van der Waals surface area contributed by atoms with E-state index in [1.165, 1.54) is 0 Å². The molecule has 1 aromatic carbocycles. The highest BCUT2D eigenvalue weighted by Crippen LogP contribution is 2.30. The minimum absolute atomic E-state index is 0.166. The van der Waals surface area contributed by atoms with Gasteiger partial charge < -0.3 is 18.8 Å². The van der Waals surface area contributed by atoms with E-state index in [0.29, 0.717) is 29.0 Å². The molecule has 5 aromatic rings. The van der Waals surface area contributed by atoms with E-state index < -0.39 is 5.60 Å². The normalized spacial score (nSPS) is 17.8. The monoisotopic (exact) mass is 642 g/mol. The molecule has 2 aliphatic heterocycles. The molecule has 11 heteroatoms. The van der Waals surface area contributed by atoms with Gasteiger partial charge in [-0.3, -0.25) is 4.90 Å². The maximum absolute atomic E-state index is 12.8. The van der Waals surface area contributed by atoms with Crippen LogP contribution >= 0.6 is 11.6 Å². The standard InChI is InChI=1S/C35H39ClN6O4/c1-35(2,3)46-34(43)25-7-8-29-31(18-25)41(20-26-12-16-44-26)32(38-29)21-40-13-10-24(11-14-40)28-5-4-6-33(39-28)45-22-23-9-15-42-30(17-23)27(36)19-37-42/h4-9,15,17-19,24,26H,10-14,16,20-22H2,1-3H3. The first-order valence-electron chi connectivity index (χ1n) is 16.0. The highest BCUT2D eigenvalue weighted by Gasteiger charge is 2.27. The van der Waals surface area contributed by atoms with Crippen LogP contribution in [0.25, 0.3) is 16.6 Å². The molecule has 2 saturated heterocycles. The summed E-state index contributed by atoms with van der Waals surface area (Å²) >= 11 is 6.25. The predicted molar refractivity (Wildman–Crippen MR) is 175 cm³/mol. The second-order valence-electron chi connectivity index (χ2n) is 13.2. The highest BCUT2D eigenvalue weighted by molar-refractivity contribution is 6.33. The van der Waals surface area contributed by atoms with Crippen LogP contribution in [0.5, 0.6) is 5.88 Å². The molecule has 0 amide bonds. The van der Waals surface area contributed by atoms with E-state index >= 15 is 0 Å².